The number of methoxy groups -OCH3 is 1. The number of rotatable bonds is 4. The Balaban J connectivity index is 1.81. The third-order valence-electron chi connectivity index (χ3n) is 3.51. The van der Waals surface area contributed by atoms with Gasteiger partial charge in [-0.1, -0.05) is 42.0 Å². The molecule has 2 heteroatoms. The van der Waals surface area contributed by atoms with E-state index in [-0.39, 0.29) is 0 Å². The highest BCUT2D eigenvalue weighted by Crippen LogP contribution is 2.31. The molecule has 0 saturated carbocycles. The van der Waals surface area contributed by atoms with Gasteiger partial charge in [-0.2, -0.15) is 0 Å². The lowest BCUT2D eigenvalue weighted by atomic mass is 10.1. The fraction of sp³-hybridized carbons (Fsp3) is 0.158. The average Bonchev–Trinajstić information content (AvgIpc) is 2.98. The van der Waals surface area contributed by atoms with Crippen molar-refractivity contribution in [3.63, 3.8) is 0 Å². The molecule has 0 unspecified atom stereocenters. The van der Waals surface area contributed by atoms with Crippen molar-refractivity contribution in [3.8, 4) is 16.2 Å². The largest absolute Gasteiger partial charge is 0.497 e. The zero-order valence-corrected chi connectivity index (χ0v) is 13.1. The van der Waals surface area contributed by atoms with E-state index in [4.69, 9.17) is 4.74 Å². The molecule has 1 aromatic heterocycles. The molecule has 0 aliphatic heterocycles. The van der Waals surface area contributed by atoms with E-state index >= 15 is 0 Å². The van der Waals surface area contributed by atoms with Crippen LogP contribution >= 0.6 is 11.3 Å². The van der Waals surface area contributed by atoms with Gasteiger partial charge in [0, 0.05) is 16.2 Å². The number of aryl methyl sites for hydroxylation is 1. The van der Waals surface area contributed by atoms with Gasteiger partial charge in [-0.15, -0.1) is 11.3 Å². The summed E-state index contributed by atoms with van der Waals surface area (Å²) < 4.78 is 5.29. The van der Waals surface area contributed by atoms with Crippen LogP contribution in [0, 0.1) is 6.92 Å². The lowest BCUT2D eigenvalue weighted by molar-refractivity contribution is 0.415. The first-order valence-corrected chi connectivity index (χ1v) is 7.85. The quantitative estimate of drug-likeness (QED) is 0.632. The Labute approximate surface area is 129 Å². The van der Waals surface area contributed by atoms with Gasteiger partial charge in [-0.25, -0.2) is 0 Å². The van der Waals surface area contributed by atoms with Crippen molar-refractivity contribution in [2.45, 2.75) is 13.3 Å². The van der Waals surface area contributed by atoms with Gasteiger partial charge >= 0.3 is 0 Å². The zero-order valence-electron chi connectivity index (χ0n) is 12.3. The molecule has 0 fully saturated rings. The molecule has 1 heterocycles. The second-order valence-corrected chi connectivity index (χ2v) is 6.33. The summed E-state index contributed by atoms with van der Waals surface area (Å²) in [6.45, 7) is 2.12. The van der Waals surface area contributed by atoms with Crippen LogP contribution in [0.4, 0.5) is 0 Å². The maximum atomic E-state index is 5.29. The van der Waals surface area contributed by atoms with Gasteiger partial charge in [0.15, 0.2) is 0 Å². The zero-order chi connectivity index (χ0) is 14.7. The highest BCUT2D eigenvalue weighted by atomic mass is 32.1. The van der Waals surface area contributed by atoms with Crippen molar-refractivity contribution in [1.82, 2.24) is 0 Å². The standard InChI is InChI=1S/C19H18OS/c1-14-6-8-15(9-7-14)12-18-10-11-19(21-18)16-4-3-5-17(13-16)20-2/h3-11,13H,12H2,1-2H3. The second kappa shape index (κ2) is 6.15. The summed E-state index contributed by atoms with van der Waals surface area (Å²) in [6, 6.07) is 21.4. The number of hydrogen-bond acceptors (Lipinski definition) is 2. The van der Waals surface area contributed by atoms with Crippen LogP contribution in [0.5, 0.6) is 5.75 Å². The van der Waals surface area contributed by atoms with Crippen LogP contribution in [0.2, 0.25) is 0 Å². The average molecular weight is 294 g/mol. The fourth-order valence-electron chi connectivity index (χ4n) is 2.31. The summed E-state index contributed by atoms with van der Waals surface area (Å²) in [7, 11) is 1.70. The van der Waals surface area contributed by atoms with Gasteiger partial charge in [0.25, 0.3) is 0 Å². The number of benzene rings is 2. The van der Waals surface area contributed by atoms with Crippen LogP contribution < -0.4 is 4.74 Å². The Bertz CT molecular complexity index is 725. The van der Waals surface area contributed by atoms with E-state index in [2.05, 4.69) is 55.5 Å². The van der Waals surface area contributed by atoms with Gasteiger partial charge in [0.2, 0.25) is 0 Å². The van der Waals surface area contributed by atoms with Gasteiger partial charge in [-0.3, -0.25) is 0 Å². The highest BCUT2D eigenvalue weighted by Gasteiger charge is 2.05. The van der Waals surface area contributed by atoms with E-state index in [1.54, 1.807) is 7.11 Å². The highest BCUT2D eigenvalue weighted by molar-refractivity contribution is 7.15. The van der Waals surface area contributed by atoms with E-state index < -0.39 is 0 Å². The molecule has 0 spiro atoms. The molecule has 21 heavy (non-hydrogen) atoms. The number of ether oxygens (including phenoxy) is 1. The van der Waals surface area contributed by atoms with E-state index in [0.29, 0.717) is 0 Å². The van der Waals surface area contributed by atoms with Crippen molar-refractivity contribution in [1.29, 1.82) is 0 Å². The third-order valence-corrected chi connectivity index (χ3v) is 4.65. The summed E-state index contributed by atoms with van der Waals surface area (Å²) in [5.74, 6) is 0.904. The summed E-state index contributed by atoms with van der Waals surface area (Å²) >= 11 is 1.85. The minimum atomic E-state index is 0.904. The first kappa shape index (κ1) is 13.9. The minimum Gasteiger partial charge on any atom is -0.497 e. The Morgan fingerprint density at radius 3 is 2.52 bits per heavy atom. The van der Waals surface area contributed by atoms with Crippen molar-refractivity contribution in [3.05, 3.63) is 76.7 Å². The minimum absolute atomic E-state index is 0.904. The molecule has 0 amide bonds. The monoisotopic (exact) mass is 294 g/mol. The van der Waals surface area contributed by atoms with Gasteiger partial charge in [0.1, 0.15) is 5.75 Å². The van der Waals surface area contributed by atoms with Gasteiger partial charge in [-0.05, 0) is 42.3 Å². The van der Waals surface area contributed by atoms with Crippen LogP contribution in [-0.2, 0) is 6.42 Å². The molecule has 0 bridgehead atoms. The molecule has 0 saturated heterocycles. The molecule has 0 atom stereocenters. The van der Waals surface area contributed by atoms with Crippen molar-refractivity contribution in [2.75, 3.05) is 7.11 Å². The Hall–Kier alpha value is -2.06. The predicted molar refractivity (Wildman–Crippen MR) is 90.3 cm³/mol. The number of hydrogen-bond donors (Lipinski definition) is 0. The Kier molecular flexibility index (Phi) is 4.07. The van der Waals surface area contributed by atoms with Gasteiger partial charge < -0.3 is 4.74 Å². The van der Waals surface area contributed by atoms with Crippen LogP contribution in [0.15, 0.2) is 60.7 Å². The summed E-state index contributed by atoms with van der Waals surface area (Å²) in [6.07, 6.45) is 0.995. The van der Waals surface area contributed by atoms with E-state index in [1.807, 2.05) is 23.5 Å². The molecule has 2 aromatic carbocycles. The molecule has 3 rings (SSSR count). The summed E-state index contributed by atoms with van der Waals surface area (Å²) in [4.78, 5) is 2.67. The predicted octanol–water partition coefficient (Wildman–Crippen LogP) is 5.32. The van der Waals surface area contributed by atoms with E-state index in [9.17, 15) is 0 Å². The van der Waals surface area contributed by atoms with Crippen LogP contribution in [-0.4, -0.2) is 7.11 Å². The normalized spacial score (nSPS) is 10.6. The molecule has 0 aliphatic rings. The van der Waals surface area contributed by atoms with Crippen LogP contribution in [0.3, 0.4) is 0 Å². The van der Waals surface area contributed by atoms with E-state index in [0.717, 1.165) is 12.2 Å². The second-order valence-electron chi connectivity index (χ2n) is 5.16. The van der Waals surface area contributed by atoms with E-state index in [1.165, 1.54) is 26.4 Å². The lowest BCUT2D eigenvalue weighted by Gasteiger charge is -2.02. The van der Waals surface area contributed by atoms with Crippen LogP contribution in [0.25, 0.3) is 10.4 Å². The SMILES string of the molecule is COc1cccc(-c2ccc(Cc3ccc(C)cc3)s2)c1. The fourth-order valence-corrected chi connectivity index (χ4v) is 3.35. The van der Waals surface area contributed by atoms with Gasteiger partial charge in [0.05, 0.1) is 7.11 Å². The first-order chi connectivity index (χ1) is 10.2. The smallest absolute Gasteiger partial charge is 0.119 e. The van der Waals surface area contributed by atoms with Crippen LogP contribution in [0.1, 0.15) is 16.0 Å². The Morgan fingerprint density at radius 2 is 1.76 bits per heavy atom. The number of thiophene rings is 1. The molecule has 0 aliphatic carbocycles. The third kappa shape index (κ3) is 3.34. The molecule has 106 valence electrons. The van der Waals surface area contributed by atoms with Crippen molar-refractivity contribution in [2.24, 2.45) is 0 Å². The molecular formula is C19H18OS. The Morgan fingerprint density at radius 1 is 0.952 bits per heavy atom. The first-order valence-electron chi connectivity index (χ1n) is 7.03. The lowest BCUT2D eigenvalue weighted by Crippen LogP contribution is -1.84. The maximum Gasteiger partial charge on any atom is 0.119 e. The summed E-state index contributed by atoms with van der Waals surface area (Å²) in [5.41, 5.74) is 3.89. The molecule has 3 aromatic rings. The maximum absolute atomic E-state index is 5.29. The molecule has 0 N–H and O–H groups in total. The molecular weight excluding hydrogens is 276 g/mol. The van der Waals surface area contributed by atoms with Crippen molar-refractivity contribution < 1.29 is 4.74 Å². The molecule has 1 nitrogen and oxygen atoms in total. The topological polar surface area (TPSA) is 9.23 Å². The molecule has 0 radical (unpaired) electrons. The van der Waals surface area contributed by atoms with Crippen molar-refractivity contribution >= 4 is 11.3 Å². The summed E-state index contributed by atoms with van der Waals surface area (Å²) in [5, 5.41) is 0.